The van der Waals surface area contributed by atoms with E-state index in [-0.39, 0.29) is 17.9 Å². The van der Waals surface area contributed by atoms with E-state index in [1.165, 1.54) is 0 Å². The maximum atomic E-state index is 15.3. The molecule has 6 heteroatoms. The number of hydrogen-bond acceptors (Lipinski definition) is 3. The summed E-state index contributed by atoms with van der Waals surface area (Å²) >= 11 is 6.05. The smallest absolute Gasteiger partial charge is 0.410 e. The molecule has 0 bridgehead atoms. The Bertz CT molecular complexity index is 866. The number of carbonyl (C=O) groups is 1. The van der Waals surface area contributed by atoms with Gasteiger partial charge in [0.25, 0.3) is 0 Å². The lowest BCUT2D eigenvalue weighted by Crippen LogP contribution is -2.46. The van der Waals surface area contributed by atoms with Gasteiger partial charge in [-0.05, 0) is 56.9 Å². The number of nitrogens with two attached hydrogens (primary N) is 1. The number of hydrogen-bond donors (Lipinski definition) is 1. The van der Waals surface area contributed by atoms with Crippen molar-refractivity contribution in [1.29, 1.82) is 0 Å². The van der Waals surface area contributed by atoms with E-state index in [1.807, 2.05) is 32.9 Å². The topological polar surface area (TPSA) is 55.6 Å². The highest BCUT2D eigenvalue weighted by atomic mass is 35.5. The minimum atomic E-state index is -0.591. The summed E-state index contributed by atoms with van der Waals surface area (Å²) in [7, 11) is 0. The van der Waals surface area contributed by atoms with Gasteiger partial charge < -0.3 is 15.4 Å². The Kier molecular flexibility index (Phi) is 5.96. The summed E-state index contributed by atoms with van der Waals surface area (Å²) in [6, 6.07) is 11.9. The summed E-state index contributed by atoms with van der Waals surface area (Å²) in [6.07, 6.45) is 0.594. The van der Waals surface area contributed by atoms with Gasteiger partial charge in [-0.3, -0.25) is 0 Å². The standard InChI is InChI=1S/C22H26ClFN2O2/c1-22(2,3)28-21(27)26-11-10-18(25)19(26)13-15-7-5-9-17(20(15)24)14-6-4-8-16(23)12-14/h4-9,12,18-19H,10-11,13,25H2,1-3H3/t18-,19-/m0/s1. The molecule has 2 aromatic carbocycles. The Labute approximate surface area is 170 Å². The first-order valence-corrected chi connectivity index (χ1v) is 9.82. The van der Waals surface area contributed by atoms with Crippen LogP contribution < -0.4 is 5.73 Å². The molecule has 0 aromatic heterocycles. The summed E-state index contributed by atoms with van der Waals surface area (Å²) in [6.45, 7) is 5.98. The monoisotopic (exact) mass is 404 g/mol. The van der Waals surface area contributed by atoms with Crippen molar-refractivity contribution in [3.05, 3.63) is 58.9 Å². The number of amides is 1. The first-order chi connectivity index (χ1) is 13.2. The van der Waals surface area contributed by atoms with Gasteiger partial charge in [0.15, 0.2) is 0 Å². The van der Waals surface area contributed by atoms with Crippen LogP contribution in [0.25, 0.3) is 11.1 Å². The predicted molar refractivity (Wildman–Crippen MR) is 110 cm³/mol. The maximum Gasteiger partial charge on any atom is 0.410 e. The van der Waals surface area contributed by atoms with Crippen molar-refractivity contribution in [3.63, 3.8) is 0 Å². The second-order valence-electron chi connectivity index (χ2n) is 8.19. The Hall–Kier alpha value is -2.11. The van der Waals surface area contributed by atoms with Crippen LogP contribution in [-0.4, -0.2) is 35.2 Å². The zero-order valence-corrected chi connectivity index (χ0v) is 17.2. The first-order valence-electron chi connectivity index (χ1n) is 9.44. The van der Waals surface area contributed by atoms with E-state index in [0.717, 1.165) is 0 Å². The molecule has 1 aliphatic heterocycles. The summed E-state index contributed by atoms with van der Waals surface area (Å²) in [5.74, 6) is -0.312. The average molecular weight is 405 g/mol. The van der Waals surface area contributed by atoms with E-state index in [4.69, 9.17) is 22.1 Å². The highest BCUT2D eigenvalue weighted by Crippen LogP contribution is 2.30. The van der Waals surface area contributed by atoms with Gasteiger partial charge in [-0.15, -0.1) is 0 Å². The van der Waals surface area contributed by atoms with Gasteiger partial charge in [0.1, 0.15) is 11.4 Å². The van der Waals surface area contributed by atoms with Gasteiger partial charge in [-0.1, -0.05) is 41.9 Å². The van der Waals surface area contributed by atoms with Crippen molar-refractivity contribution < 1.29 is 13.9 Å². The molecule has 28 heavy (non-hydrogen) atoms. The van der Waals surface area contributed by atoms with Crippen LogP contribution in [0.15, 0.2) is 42.5 Å². The zero-order chi connectivity index (χ0) is 20.5. The molecule has 3 rings (SSSR count). The third kappa shape index (κ3) is 4.65. The van der Waals surface area contributed by atoms with E-state index in [2.05, 4.69) is 0 Å². The largest absolute Gasteiger partial charge is 0.444 e. The van der Waals surface area contributed by atoms with Gasteiger partial charge in [0.05, 0.1) is 6.04 Å². The Morgan fingerprint density at radius 2 is 2.00 bits per heavy atom. The molecule has 1 amide bonds. The molecule has 2 atom stereocenters. The third-order valence-electron chi connectivity index (χ3n) is 4.87. The Morgan fingerprint density at radius 1 is 1.29 bits per heavy atom. The molecule has 1 saturated heterocycles. The van der Waals surface area contributed by atoms with E-state index in [9.17, 15) is 4.79 Å². The van der Waals surface area contributed by atoms with Gasteiger partial charge >= 0.3 is 6.09 Å². The van der Waals surface area contributed by atoms with Gasteiger partial charge in [-0.25, -0.2) is 9.18 Å². The van der Waals surface area contributed by atoms with E-state index in [1.54, 1.807) is 35.2 Å². The molecule has 0 unspecified atom stereocenters. The fourth-order valence-electron chi connectivity index (χ4n) is 3.53. The minimum Gasteiger partial charge on any atom is -0.444 e. The van der Waals surface area contributed by atoms with E-state index >= 15 is 4.39 Å². The summed E-state index contributed by atoms with van der Waals surface area (Å²) in [5, 5.41) is 0.552. The van der Waals surface area contributed by atoms with Crippen molar-refractivity contribution >= 4 is 17.7 Å². The van der Waals surface area contributed by atoms with Gasteiger partial charge in [0, 0.05) is 23.2 Å². The molecular formula is C22H26ClFN2O2. The van der Waals surface area contributed by atoms with Crippen LogP contribution in [-0.2, 0) is 11.2 Å². The molecule has 0 radical (unpaired) electrons. The lowest BCUT2D eigenvalue weighted by atomic mass is 9.96. The third-order valence-corrected chi connectivity index (χ3v) is 5.10. The summed E-state index contributed by atoms with van der Waals surface area (Å²) in [4.78, 5) is 14.2. The molecule has 2 N–H and O–H groups in total. The fraction of sp³-hybridized carbons (Fsp3) is 0.409. The van der Waals surface area contributed by atoms with Crippen LogP contribution in [0.5, 0.6) is 0 Å². The number of nitrogens with zero attached hydrogens (tertiary/aromatic N) is 1. The quantitative estimate of drug-likeness (QED) is 0.780. The lowest BCUT2D eigenvalue weighted by Gasteiger charge is -2.30. The van der Waals surface area contributed by atoms with Crippen LogP contribution in [0, 0.1) is 5.82 Å². The molecule has 150 valence electrons. The zero-order valence-electron chi connectivity index (χ0n) is 16.4. The molecule has 4 nitrogen and oxygen atoms in total. The van der Waals surface area contributed by atoms with Crippen molar-refractivity contribution in [2.75, 3.05) is 6.54 Å². The molecule has 0 spiro atoms. The highest BCUT2D eigenvalue weighted by molar-refractivity contribution is 6.30. The van der Waals surface area contributed by atoms with Crippen LogP contribution in [0.3, 0.4) is 0 Å². The number of halogens is 2. The molecule has 2 aromatic rings. The number of ether oxygens (including phenoxy) is 1. The minimum absolute atomic E-state index is 0.221. The van der Waals surface area contributed by atoms with Crippen LogP contribution in [0.4, 0.5) is 9.18 Å². The van der Waals surface area contributed by atoms with Gasteiger partial charge in [0.2, 0.25) is 0 Å². The molecule has 1 fully saturated rings. The fourth-order valence-corrected chi connectivity index (χ4v) is 3.72. The lowest BCUT2D eigenvalue weighted by molar-refractivity contribution is 0.0220. The number of carbonyl (C=O) groups excluding carboxylic acids is 1. The number of rotatable bonds is 3. The van der Waals surface area contributed by atoms with Gasteiger partial charge in [-0.2, -0.15) is 0 Å². The second kappa shape index (κ2) is 8.10. The second-order valence-corrected chi connectivity index (χ2v) is 8.62. The van der Waals surface area contributed by atoms with Crippen LogP contribution in [0.2, 0.25) is 5.02 Å². The Morgan fingerprint density at radius 3 is 2.68 bits per heavy atom. The molecule has 0 aliphatic carbocycles. The number of benzene rings is 2. The number of likely N-dealkylation sites (tertiary alicyclic amines) is 1. The highest BCUT2D eigenvalue weighted by Gasteiger charge is 2.37. The van der Waals surface area contributed by atoms with Crippen molar-refractivity contribution in [2.45, 2.75) is 51.3 Å². The normalized spacial score (nSPS) is 19.7. The van der Waals surface area contributed by atoms with Crippen LogP contribution >= 0.6 is 11.6 Å². The maximum absolute atomic E-state index is 15.3. The van der Waals surface area contributed by atoms with Crippen LogP contribution in [0.1, 0.15) is 32.8 Å². The molecular weight excluding hydrogens is 379 g/mol. The van der Waals surface area contributed by atoms with Crippen molar-refractivity contribution in [3.8, 4) is 11.1 Å². The molecule has 1 heterocycles. The summed E-state index contributed by atoms with van der Waals surface area (Å²) in [5.41, 5.74) is 7.38. The van der Waals surface area contributed by atoms with E-state index < -0.39 is 11.7 Å². The molecule has 0 saturated carbocycles. The van der Waals surface area contributed by atoms with Crippen molar-refractivity contribution in [2.24, 2.45) is 5.73 Å². The predicted octanol–water partition coefficient (Wildman–Crippen LogP) is 5.03. The molecule has 1 aliphatic rings. The van der Waals surface area contributed by atoms with Crippen molar-refractivity contribution in [1.82, 2.24) is 4.90 Å². The Balaban J connectivity index is 1.86. The SMILES string of the molecule is CC(C)(C)OC(=O)N1CC[C@H](N)[C@@H]1Cc1cccc(-c2cccc(Cl)c2)c1F. The average Bonchev–Trinajstić information content (AvgIpc) is 2.96. The first kappa shape index (κ1) is 20.6. The summed E-state index contributed by atoms with van der Waals surface area (Å²) < 4.78 is 20.7. The van der Waals surface area contributed by atoms with E-state index in [0.29, 0.717) is 41.1 Å².